The van der Waals surface area contributed by atoms with Crippen molar-refractivity contribution in [3.05, 3.63) is 83.7 Å². The Morgan fingerprint density at radius 2 is 1.71 bits per heavy atom. The van der Waals surface area contributed by atoms with Crippen LogP contribution in [0.25, 0.3) is 11.1 Å². The predicted molar refractivity (Wildman–Crippen MR) is 135 cm³/mol. The Morgan fingerprint density at radius 3 is 2.26 bits per heavy atom. The lowest BCUT2D eigenvalue weighted by Crippen LogP contribution is -2.17. The molecular weight excluding hydrogens is 446 g/mol. The SMILES string of the molecule is CC(C)(C)OC=O.CNC(C)c1ccc(C(=O)Nc2ccncc2)cc1-c1cccc(C(=O)O)c1. The number of amides is 1. The van der Waals surface area contributed by atoms with Gasteiger partial charge in [-0.05, 0) is 87.8 Å². The number of hydrogen-bond acceptors (Lipinski definition) is 6. The van der Waals surface area contributed by atoms with Crippen molar-refractivity contribution >= 4 is 24.0 Å². The number of nitrogens with zero attached hydrogens (tertiary/aromatic N) is 1. The van der Waals surface area contributed by atoms with Crippen LogP contribution in [-0.2, 0) is 9.53 Å². The highest BCUT2D eigenvalue weighted by Gasteiger charge is 2.16. The number of ether oxygens (including phenoxy) is 1. The number of nitrogens with one attached hydrogen (secondary N) is 2. The van der Waals surface area contributed by atoms with E-state index in [0.717, 1.165) is 16.7 Å². The summed E-state index contributed by atoms with van der Waals surface area (Å²) in [5.41, 5.74) is 3.56. The van der Waals surface area contributed by atoms with Crippen molar-refractivity contribution in [2.75, 3.05) is 12.4 Å². The van der Waals surface area contributed by atoms with Crippen LogP contribution in [0.3, 0.4) is 0 Å². The number of carbonyl (C=O) groups excluding carboxylic acids is 2. The average Bonchev–Trinajstić information content (AvgIpc) is 2.83. The summed E-state index contributed by atoms with van der Waals surface area (Å²) in [5.74, 6) is -1.23. The van der Waals surface area contributed by atoms with E-state index in [2.05, 4.69) is 20.4 Å². The number of pyridine rings is 1. The average molecular weight is 478 g/mol. The molecule has 1 heterocycles. The second-order valence-corrected chi connectivity index (χ2v) is 8.71. The number of aromatic nitrogens is 1. The van der Waals surface area contributed by atoms with Crippen molar-refractivity contribution in [1.29, 1.82) is 0 Å². The highest BCUT2D eigenvalue weighted by molar-refractivity contribution is 6.05. The van der Waals surface area contributed by atoms with E-state index in [4.69, 9.17) is 0 Å². The fourth-order valence-electron chi connectivity index (χ4n) is 3.08. The third-order valence-corrected chi connectivity index (χ3v) is 4.98. The molecule has 0 bridgehead atoms. The van der Waals surface area contributed by atoms with Gasteiger partial charge in [-0.15, -0.1) is 0 Å². The molecule has 184 valence electrons. The van der Waals surface area contributed by atoms with Crippen molar-refractivity contribution in [3.8, 4) is 11.1 Å². The molecule has 0 radical (unpaired) electrons. The van der Waals surface area contributed by atoms with Crippen molar-refractivity contribution in [2.24, 2.45) is 0 Å². The molecule has 1 amide bonds. The second-order valence-electron chi connectivity index (χ2n) is 8.71. The van der Waals surface area contributed by atoms with Gasteiger partial charge in [-0.25, -0.2) is 4.79 Å². The zero-order chi connectivity index (χ0) is 26.0. The van der Waals surface area contributed by atoms with Crippen LogP contribution < -0.4 is 10.6 Å². The van der Waals surface area contributed by atoms with Gasteiger partial charge in [0.25, 0.3) is 12.4 Å². The highest BCUT2D eigenvalue weighted by atomic mass is 16.5. The molecule has 1 atom stereocenters. The van der Waals surface area contributed by atoms with Crippen LogP contribution in [0.1, 0.15) is 60.0 Å². The lowest BCUT2D eigenvalue weighted by Gasteiger charge is -2.18. The third-order valence-electron chi connectivity index (χ3n) is 4.98. The van der Waals surface area contributed by atoms with Gasteiger partial charge in [-0.3, -0.25) is 14.6 Å². The van der Waals surface area contributed by atoms with Gasteiger partial charge in [0, 0.05) is 29.7 Å². The molecule has 0 fully saturated rings. The Hall–Kier alpha value is -4.04. The molecule has 3 N–H and O–H groups in total. The minimum Gasteiger partial charge on any atom is -0.478 e. The molecule has 35 heavy (non-hydrogen) atoms. The third kappa shape index (κ3) is 8.35. The molecule has 0 saturated carbocycles. The summed E-state index contributed by atoms with van der Waals surface area (Å²) >= 11 is 0. The molecule has 0 aliphatic carbocycles. The van der Waals surface area contributed by atoms with Crippen LogP contribution in [0.5, 0.6) is 0 Å². The lowest BCUT2D eigenvalue weighted by atomic mass is 9.92. The summed E-state index contributed by atoms with van der Waals surface area (Å²) in [7, 11) is 1.85. The molecular formula is C27H31N3O5. The predicted octanol–water partition coefficient (Wildman–Crippen LogP) is 4.94. The van der Waals surface area contributed by atoms with E-state index in [9.17, 15) is 19.5 Å². The Labute approximate surface area is 205 Å². The van der Waals surface area contributed by atoms with Gasteiger partial charge >= 0.3 is 5.97 Å². The number of hydrogen-bond donors (Lipinski definition) is 3. The van der Waals surface area contributed by atoms with E-state index in [1.165, 1.54) is 0 Å². The van der Waals surface area contributed by atoms with Gasteiger partial charge in [-0.1, -0.05) is 18.2 Å². The Balaban J connectivity index is 0.000000540. The van der Waals surface area contributed by atoms with Crippen LogP contribution in [-0.4, -0.2) is 41.1 Å². The van der Waals surface area contributed by atoms with Gasteiger partial charge in [0.2, 0.25) is 0 Å². The normalized spacial score (nSPS) is 11.5. The molecule has 2 aromatic carbocycles. The zero-order valence-corrected chi connectivity index (χ0v) is 20.5. The first kappa shape index (κ1) is 27.2. The van der Waals surface area contributed by atoms with E-state index in [-0.39, 0.29) is 23.1 Å². The smallest absolute Gasteiger partial charge is 0.335 e. The van der Waals surface area contributed by atoms with Crippen LogP contribution in [0, 0.1) is 0 Å². The van der Waals surface area contributed by atoms with E-state index < -0.39 is 5.97 Å². The summed E-state index contributed by atoms with van der Waals surface area (Å²) in [5, 5.41) is 15.3. The number of anilines is 1. The molecule has 0 aliphatic heterocycles. The quantitative estimate of drug-likeness (QED) is 0.413. The van der Waals surface area contributed by atoms with Crippen molar-refractivity contribution < 1.29 is 24.2 Å². The highest BCUT2D eigenvalue weighted by Crippen LogP contribution is 2.30. The maximum Gasteiger partial charge on any atom is 0.335 e. The monoisotopic (exact) mass is 477 g/mol. The first-order chi connectivity index (χ1) is 16.6. The van der Waals surface area contributed by atoms with Gasteiger partial charge in [0.1, 0.15) is 5.60 Å². The number of aromatic carboxylic acids is 1. The molecule has 3 rings (SSSR count). The van der Waals surface area contributed by atoms with E-state index in [0.29, 0.717) is 17.7 Å². The van der Waals surface area contributed by atoms with E-state index >= 15 is 0 Å². The number of rotatable bonds is 7. The van der Waals surface area contributed by atoms with E-state index in [1.54, 1.807) is 54.9 Å². The topological polar surface area (TPSA) is 118 Å². The van der Waals surface area contributed by atoms with Gasteiger partial charge < -0.3 is 20.5 Å². The summed E-state index contributed by atoms with van der Waals surface area (Å²) in [6, 6.07) is 15.6. The van der Waals surface area contributed by atoms with Crippen molar-refractivity contribution in [1.82, 2.24) is 10.3 Å². The summed E-state index contributed by atoms with van der Waals surface area (Å²) < 4.78 is 4.55. The maximum absolute atomic E-state index is 12.7. The molecule has 1 unspecified atom stereocenters. The number of benzene rings is 2. The van der Waals surface area contributed by atoms with Gasteiger partial charge in [-0.2, -0.15) is 0 Å². The van der Waals surface area contributed by atoms with Crippen LogP contribution in [0.2, 0.25) is 0 Å². The maximum atomic E-state index is 12.7. The standard InChI is InChI=1S/C22H21N3O3.C5H10O2/c1-14(23-2)19-7-6-16(21(26)25-18-8-10-24-11-9-18)13-20(19)15-4-3-5-17(12-15)22(27)28;1-5(2,3)7-4-6/h3-14,23H,1-2H3,(H,27,28)(H,24,25,26);4H,1-3H3. The fourth-order valence-corrected chi connectivity index (χ4v) is 3.08. The molecule has 0 aliphatic rings. The molecule has 8 nitrogen and oxygen atoms in total. The second kappa shape index (κ2) is 12.4. The van der Waals surface area contributed by atoms with Crippen molar-refractivity contribution in [3.63, 3.8) is 0 Å². The van der Waals surface area contributed by atoms with Crippen LogP contribution in [0.4, 0.5) is 5.69 Å². The van der Waals surface area contributed by atoms with Gasteiger partial charge in [0.15, 0.2) is 0 Å². The van der Waals surface area contributed by atoms with Crippen LogP contribution in [0.15, 0.2) is 67.0 Å². The number of carbonyl (C=O) groups is 3. The van der Waals surface area contributed by atoms with Gasteiger partial charge in [0.05, 0.1) is 5.56 Å². The van der Waals surface area contributed by atoms with E-state index in [1.807, 2.05) is 46.9 Å². The Bertz CT molecular complexity index is 1160. The van der Waals surface area contributed by atoms with Crippen molar-refractivity contribution in [2.45, 2.75) is 39.3 Å². The summed E-state index contributed by atoms with van der Waals surface area (Å²) in [4.78, 5) is 37.6. The number of carboxylic acid groups (broad SMARTS) is 1. The largest absolute Gasteiger partial charge is 0.478 e. The lowest BCUT2D eigenvalue weighted by molar-refractivity contribution is -0.138. The molecule has 8 heteroatoms. The minimum absolute atomic E-state index is 0.0285. The summed E-state index contributed by atoms with van der Waals surface area (Å²) in [6.45, 7) is 7.93. The number of carboxylic acids is 1. The van der Waals surface area contributed by atoms with Crippen LogP contribution >= 0.6 is 0 Å². The molecule has 0 saturated heterocycles. The molecule has 3 aromatic rings. The first-order valence-electron chi connectivity index (χ1n) is 11.0. The fraction of sp³-hybridized carbons (Fsp3) is 0.259. The minimum atomic E-state index is -0.989. The Morgan fingerprint density at radius 1 is 1.03 bits per heavy atom. The first-order valence-corrected chi connectivity index (χ1v) is 11.0. The molecule has 1 aromatic heterocycles. The summed E-state index contributed by atoms with van der Waals surface area (Å²) in [6.07, 6.45) is 3.21. The zero-order valence-electron chi connectivity index (χ0n) is 20.5. The molecule has 0 spiro atoms. The Kier molecular flexibility index (Phi) is 9.66.